The number of carbonyl (C=O) groups excluding carboxylic acids is 4. The zero-order valence-corrected chi connectivity index (χ0v) is 33.1. The maximum Gasteiger partial charge on any atom is 0.244 e. The molecule has 2 aromatic carbocycles. The highest BCUT2D eigenvalue weighted by Gasteiger charge is 2.25. The van der Waals surface area contributed by atoms with Crippen LogP contribution in [0.25, 0.3) is 21.8 Å². The molecule has 0 spiro atoms. The molecule has 14 heteroatoms. The van der Waals surface area contributed by atoms with Gasteiger partial charge in [0.2, 0.25) is 11.8 Å². The van der Waals surface area contributed by atoms with Gasteiger partial charge in [0.1, 0.15) is 36.0 Å². The molecule has 3 heterocycles. The van der Waals surface area contributed by atoms with E-state index in [0.29, 0.717) is 60.1 Å². The molecule has 292 valence electrons. The number of rotatable bonds is 18. The zero-order chi connectivity index (χ0) is 39.1. The van der Waals surface area contributed by atoms with Crippen LogP contribution < -0.4 is 9.47 Å². The van der Waals surface area contributed by atoms with Crippen molar-refractivity contribution in [1.82, 2.24) is 39.2 Å². The monoisotopic (exact) mass is 744 g/mol. The highest BCUT2D eigenvalue weighted by atomic mass is 16.5. The fourth-order valence-electron chi connectivity index (χ4n) is 6.85. The van der Waals surface area contributed by atoms with Gasteiger partial charge >= 0.3 is 0 Å². The summed E-state index contributed by atoms with van der Waals surface area (Å²) in [4.78, 5) is 61.4. The molecule has 2 aromatic heterocycles. The van der Waals surface area contributed by atoms with E-state index in [9.17, 15) is 19.2 Å². The van der Waals surface area contributed by atoms with Crippen molar-refractivity contribution in [2.75, 3.05) is 79.7 Å². The topological polar surface area (TPSA) is 135 Å². The Kier molecular flexibility index (Phi) is 13.5. The van der Waals surface area contributed by atoms with Crippen LogP contribution in [0.4, 0.5) is 0 Å². The average Bonchev–Trinajstić information content (AvgIpc) is 3.71. The molecule has 0 unspecified atom stereocenters. The SMILES string of the molecule is CCN(CCN1CCN(CCN(CC)C(=O)Cn2nc(C(=O)C(C)C)c3ccc(OC)cc32)CC1)C(=O)Cn1nc(C(=O)C(C)C)c2ccc(OC)cc21. The number of Topliss-reactive ketones (excluding diaryl/α,β-unsaturated/α-hetero) is 2. The summed E-state index contributed by atoms with van der Waals surface area (Å²) in [5, 5.41) is 10.6. The Bertz CT molecular complexity index is 1820. The van der Waals surface area contributed by atoms with Gasteiger partial charge < -0.3 is 19.3 Å². The first-order valence-corrected chi connectivity index (χ1v) is 19.1. The summed E-state index contributed by atoms with van der Waals surface area (Å²) in [6.45, 7) is 18.7. The number of piperazine rings is 1. The smallest absolute Gasteiger partial charge is 0.244 e. The highest BCUT2D eigenvalue weighted by Crippen LogP contribution is 2.27. The number of benzene rings is 2. The summed E-state index contributed by atoms with van der Waals surface area (Å²) in [6, 6.07) is 10.9. The Hall–Kier alpha value is -4.82. The van der Waals surface area contributed by atoms with Gasteiger partial charge in [-0.2, -0.15) is 10.2 Å². The number of methoxy groups -OCH3 is 2. The second-order valence-corrected chi connectivity index (χ2v) is 14.4. The lowest BCUT2D eigenvalue weighted by molar-refractivity contribution is -0.133. The van der Waals surface area contributed by atoms with Gasteiger partial charge in [0.15, 0.2) is 11.6 Å². The number of carbonyl (C=O) groups is 4. The van der Waals surface area contributed by atoms with Crippen molar-refractivity contribution in [3.05, 3.63) is 47.8 Å². The first-order chi connectivity index (χ1) is 25.9. The molecule has 0 radical (unpaired) electrons. The number of hydrogen-bond acceptors (Lipinski definition) is 10. The summed E-state index contributed by atoms with van der Waals surface area (Å²) in [5.41, 5.74) is 2.16. The van der Waals surface area contributed by atoms with Gasteiger partial charge in [-0.15, -0.1) is 0 Å². The van der Waals surface area contributed by atoms with Crippen molar-refractivity contribution in [1.29, 1.82) is 0 Å². The third kappa shape index (κ3) is 9.09. The normalized spacial score (nSPS) is 14.0. The van der Waals surface area contributed by atoms with Gasteiger partial charge in [0.05, 0.1) is 25.3 Å². The van der Waals surface area contributed by atoms with Gasteiger partial charge in [-0.3, -0.25) is 38.3 Å². The molecule has 0 atom stereocenters. The van der Waals surface area contributed by atoms with Crippen molar-refractivity contribution in [2.24, 2.45) is 11.8 Å². The van der Waals surface area contributed by atoms with Crippen LogP contribution >= 0.6 is 0 Å². The predicted octanol–water partition coefficient (Wildman–Crippen LogP) is 4.10. The summed E-state index contributed by atoms with van der Waals surface area (Å²) >= 11 is 0. The van der Waals surface area contributed by atoms with Crippen LogP contribution in [-0.4, -0.2) is 142 Å². The molecule has 0 N–H and O–H groups in total. The minimum Gasteiger partial charge on any atom is -0.497 e. The molecule has 1 saturated heterocycles. The van der Waals surface area contributed by atoms with E-state index in [-0.39, 0.29) is 48.3 Å². The molecule has 0 saturated carbocycles. The number of amides is 2. The Labute approximate surface area is 317 Å². The van der Waals surface area contributed by atoms with Crippen LogP contribution in [0.3, 0.4) is 0 Å². The third-order valence-electron chi connectivity index (χ3n) is 10.3. The predicted molar refractivity (Wildman–Crippen MR) is 208 cm³/mol. The Morgan fingerprint density at radius 3 is 1.33 bits per heavy atom. The van der Waals surface area contributed by atoms with E-state index in [0.717, 1.165) is 50.0 Å². The fraction of sp³-hybridized carbons (Fsp3) is 0.550. The van der Waals surface area contributed by atoms with Gasteiger partial charge in [-0.25, -0.2) is 0 Å². The van der Waals surface area contributed by atoms with Crippen LogP contribution in [-0.2, 0) is 22.7 Å². The van der Waals surface area contributed by atoms with Gasteiger partial charge in [-0.1, -0.05) is 27.7 Å². The van der Waals surface area contributed by atoms with E-state index in [1.165, 1.54) is 0 Å². The molecule has 4 aromatic rings. The zero-order valence-electron chi connectivity index (χ0n) is 33.1. The Morgan fingerprint density at radius 1 is 0.648 bits per heavy atom. The van der Waals surface area contributed by atoms with E-state index in [4.69, 9.17) is 9.47 Å². The molecule has 0 bridgehead atoms. The summed E-state index contributed by atoms with van der Waals surface area (Å²) in [6.07, 6.45) is 0. The lowest BCUT2D eigenvalue weighted by Gasteiger charge is -2.36. The maximum absolute atomic E-state index is 13.5. The number of aromatic nitrogens is 4. The summed E-state index contributed by atoms with van der Waals surface area (Å²) < 4.78 is 14.1. The molecule has 1 aliphatic heterocycles. The van der Waals surface area contributed by atoms with E-state index in [2.05, 4.69) is 20.0 Å². The maximum atomic E-state index is 13.5. The van der Waals surface area contributed by atoms with E-state index < -0.39 is 0 Å². The number of nitrogens with zero attached hydrogens (tertiary/aromatic N) is 8. The summed E-state index contributed by atoms with van der Waals surface area (Å²) in [5.74, 6) is 0.615. The molecule has 2 amide bonds. The van der Waals surface area contributed by atoms with Crippen molar-refractivity contribution in [3.63, 3.8) is 0 Å². The van der Waals surface area contributed by atoms with Crippen molar-refractivity contribution < 1.29 is 28.7 Å². The Balaban J connectivity index is 1.12. The lowest BCUT2D eigenvalue weighted by Crippen LogP contribution is -2.51. The standard InChI is InChI=1S/C40H56N8O6/c1-9-45(35(49)25-47-33-23-29(53-7)11-13-31(33)37(41-47)39(51)27(3)4)21-19-43-15-17-44(18-16-43)20-22-46(10-2)36(50)26-48-34-24-30(54-8)12-14-32(34)38(42-48)40(52)28(5)6/h11-14,23-24,27-28H,9-10,15-22,25-26H2,1-8H3. The average molecular weight is 745 g/mol. The van der Waals surface area contributed by atoms with E-state index >= 15 is 0 Å². The van der Waals surface area contributed by atoms with Crippen LogP contribution in [0.5, 0.6) is 11.5 Å². The molecule has 14 nitrogen and oxygen atoms in total. The number of hydrogen-bond donors (Lipinski definition) is 0. The molecule has 54 heavy (non-hydrogen) atoms. The van der Waals surface area contributed by atoms with Gasteiger partial charge in [0, 0.05) is 100 Å². The third-order valence-corrected chi connectivity index (χ3v) is 10.3. The molecular formula is C40H56N8O6. The molecule has 0 aliphatic carbocycles. The minimum atomic E-state index is -0.216. The van der Waals surface area contributed by atoms with Crippen LogP contribution in [0.2, 0.25) is 0 Å². The second-order valence-electron chi connectivity index (χ2n) is 14.4. The molecule has 1 aliphatic rings. The highest BCUT2D eigenvalue weighted by molar-refractivity contribution is 6.08. The van der Waals surface area contributed by atoms with Gasteiger partial charge in [-0.05, 0) is 38.1 Å². The first kappa shape index (κ1) is 40.4. The van der Waals surface area contributed by atoms with Gasteiger partial charge in [0.25, 0.3) is 0 Å². The second kappa shape index (κ2) is 18.0. The quantitative estimate of drug-likeness (QED) is 0.137. The van der Waals surface area contributed by atoms with Crippen molar-refractivity contribution in [2.45, 2.75) is 54.6 Å². The van der Waals surface area contributed by atoms with Crippen LogP contribution in [0.15, 0.2) is 36.4 Å². The van der Waals surface area contributed by atoms with Crippen LogP contribution in [0.1, 0.15) is 62.5 Å². The number of ether oxygens (including phenoxy) is 2. The van der Waals surface area contributed by atoms with Crippen molar-refractivity contribution >= 4 is 45.2 Å². The fourth-order valence-corrected chi connectivity index (χ4v) is 6.85. The van der Waals surface area contributed by atoms with Crippen molar-refractivity contribution in [3.8, 4) is 11.5 Å². The number of fused-ring (bicyclic) bond motifs is 2. The van der Waals surface area contributed by atoms with E-state index in [1.807, 2.05) is 75.6 Å². The van der Waals surface area contributed by atoms with E-state index in [1.54, 1.807) is 35.7 Å². The molecule has 5 rings (SSSR count). The molecule has 1 fully saturated rings. The number of likely N-dealkylation sites (N-methyl/N-ethyl adjacent to an activating group) is 2. The molecular weight excluding hydrogens is 688 g/mol. The summed E-state index contributed by atoms with van der Waals surface area (Å²) in [7, 11) is 3.18. The lowest BCUT2D eigenvalue weighted by atomic mass is 10.0. The minimum absolute atomic E-state index is 0.0331. The first-order valence-electron chi connectivity index (χ1n) is 19.1. The Morgan fingerprint density at radius 2 is 1.02 bits per heavy atom. The largest absolute Gasteiger partial charge is 0.497 e. The number of ketones is 2. The van der Waals surface area contributed by atoms with Crippen LogP contribution in [0, 0.1) is 11.8 Å².